The van der Waals surface area contributed by atoms with Crippen molar-refractivity contribution in [3.05, 3.63) is 82.9 Å². The summed E-state index contributed by atoms with van der Waals surface area (Å²) in [5, 5.41) is 8.04. The van der Waals surface area contributed by atoms with Crippen LogP contribution in [-0.4, -0.2) is 21.8 Å². The molecule has 2 nitrogen and oxygen atoms in total. The zero-order valence-electron chi connectivity index (χ0n) is 18.3. The van der Waals surface area contributed by atoms with Gasteiger partial charge in [-0.05, 0) is 83.3 Å². The molecule has 4 aromatic carbocycles. The van der Waals surface area contributed by atoms with Gasteiger partial charge in [0.2, 0.25) is 0 Å². The molecule has 0 N–H and O–H groups in total. The van der Waals surface area contributed by atoms with Crippen LogP contribution in [0.1, 0.15) is 36.1 Å². The molecule has 0 fully saturated rings. The van der Waals surface area contributed by atoms with E-state index in [1.807, 2.05) is 0 Å². The monoisotopic (exact) mass is 424 g/mol. The van der Waals surface area contributed by atoms with Crippen molar-refractivity contribution in [1.29, 1.82) is 0 Å². The fraction of sp³-hybridized carbons (Fsp3) is 0.286. The first-order valence-electron chi connectivity index (χ1n) is 11.6. The minimum atomic E-state index is -2.91. The van der Waals surface area contributed by atoms with Crippen LogP contribution in [-0.2, 0) is 34.5 Å². The van der Waals surface area contributed by atoms with Crippen LogP contribution in [0.25, 0.3) is 21.5 Å². The summed E-state index contributed by atoms with van der Waals surface area (Å²) in [5.74, 6) is 0. The molecule has 0 atom stereocenters. The second-order valence-corrected chi connectivity index (χ2v) is 11.6. The summed E-state index contributed by atoms with van der Waals surface area (Å²) in [6.07, 6.45) is 4.54. The van der Waals surface area contributed by atoms with Crippen molar-refractivity contribution in [3.63, 3.8) is 0 Å². The smallest absolute Gasteiger partial charge is 0.388 e. The Bertz CT molecular complexity index is 1200. The van der Waals surface area contributed by atoms with Crippen molar-refractivity contribution in [1.82, 2.24) is 0 Å². The van der Waals surface area contributed by atoms with Gasteiger partial charge >= 0.3 is 8.56 Å². The van der Waals surface area contributed by atoms with E-state index in [0.29, 0.717) is 13.2 Å². The van der Waals surface area contributed by atoms with E-state index in [9.17, 15) is 0 Å². The molecule has 0 saturated carbocycles. The number of aryl methyl sites for hydroxylation is 4. The van der Waals surface area contributed by atoms with E-state index in [4.69, 9.17) is 8.85 Å². The normalized spacial score (nSPS) is 14.8. The third-order valence-electron chi connectivity index (χ3n) is 7.16. The summed E-state index contributed by atoms with van der Waals surface area (Å²) in [6, 6.07) is 22.8. The summed E-state index contributed by atoms with van der Waals surface area (Å²) >= 11 is 0. The van der Waals surface area contributed by atoms with E-state index in [-0.39, 0.29) is 0 Å². The third-order valence-corrected chi connectivity index (χ3v) is 10.8. The highest BCUT2D eigenvalue weighted by Gasteiger charge is 2.45. The minimum absolute atomic E-state index is 0.637. The van der Waals surface area contributed by atoms with Gasteiger partial charge in [-0.15, -0.1) is 0 Å². The molecule has 4 aromatic rings. The molecule has 6 rings (SSSR count). The van der Waals surface area contributed by atoms with E-state index in [2.05, 4.69) is 74.5 Å². The molecule has 0 radical (unpaired) electrons. The van der Waals surface area contributed by atoms with Gasteiger partial charge in [0.1, 0.15) is 0 Å². The Labute approximate surface area is 185 Å². The molecular formula is C28H28O2Si. The molecule has 0 aromatic heterocycles. The molecule has 3 heteroatoms. The fourth-order valence-electron chi connectivity index (χ4n) is 5.97. The minimum Gasteiger partial charge on any atom is -0.388 e. The topological polar surface area (TPSA) is 18.5 Å². The molecule has 0 amide bonds. The molecule has 0 bridgehead atoms. The average molecular weight is 425 g/mol. The highest BCUT2D eigenvalue weighted by Crippen LogP contribution is 2.34. The van der Waals surface area contributed by atoms with Gasteiger partial charge in [-0.1, -0.05) is 60.7 Å². The summed E-state index contributed by atoms with van der Waals surface area (Å²) < 4.78 is 13.6. The Hall–Kier alpha value is -2.46. The van der Waals surface area contributed by atoms with Crippen molar-refractivity contribution in [2.75, 3.05) is 13.2 Å². The second kappa shape index (κ2) is 7.30. The molecule has 0 heterocycles. The quantitative estimate of drug-likeness (QED) is 0.413. The van der Waals surface area contributed by atoms with Crippen molar-refractivity contribution >= 4 is 40.5 Å². The predicted molar refractivity (Wildman–Crippen MR) is 131 cm³/mol. The summed E-state index contributed by atoms with van der Waals surface area (Å²) in [7, 11) is -2.91. The number of hydrogen-bond donors (Lipinski definition) is 0. The van der Waals surface area contributed by atoms with Crippen LogP contribution in [0.5, 0.6) is 0 Å². The van der Waals surface area contributed by atoms with Gasteiger partial charge in [0.15, 0.2) is 0 Å². The van der Waals surface area contributed by atoms with Crippen LogP contribution in [0.4, 0.5) is 0 Å². The SMILES string of the molecule is CCO[Si](OCC)(c1ccc2c3c(cccc13)CC2)c1ccc2c3c(cccc13)CC2. The van der Waals surface area contributed by atoms with Crippen molar-refractivity contribution < 1.29 is 8.85 Å². The van der Waals surface area contributed by atoms with E-state index in [1.54, 1.807) is 0 Å². The number of hydrogen-bond acceptors (Lipinski definition) is 2. The molecule has 0 unspecified atom stereocenters. The highest BCUT2D eigenvalue weighted by atomic mass is 28.4. The lowest BCUT2D eigenvalue weighted by molar-refractivity contribution is 0.209. The van der Waals surface area contributed by atoms with Crippen LogP contribution >= 0.6 is 0 Å². The van der Waals surface area contributed by atoms with Gasteiger partial charge in [0.05, 0.1) is 0 Å². The average Bonchev–Trinajstić information content (AvgIpc) is 3.41. The van der Waals surface area contributed by atoms with Gasteiger partial charge in [-0.25, -0.2) is 0 Å². The summed E-state index contributed by atoms with van der Waals surface area (Å²) in [5.41, 5.74) is 5.85. The number of benzene rings is 4. The lowest BCUT2D eigenvalue weighted by Gasteiger charge is -2.33. The number of rotatable bonds is 6. The van der Waals surface area contributed by atoms with Crippen LogP contribution in [0, 0.1) is 0 Å². The van der Waals surface area contributed by atoms with Gasteiger partial charge in [0, 0.05) is 23.6 Å². The van der Waals surface area contributed by atoms with Gasteiger partial charge in [-0.3, -0.25) is 0 Å². The van der Waals surface area contributed by atoms with Gasteiger partial charge in [-0.2, -0.15) is 0 Å². The standard InChI is InChI=1S/C28H28O2Si/c1-3-29-31(30-4-2,25-17-15-21-13-11-19-7-5-9-23(25)27(19)21)26-18-16-22-14-12-20-8-6-10-24(26)28(20)22/h5-10,15-18H,3-4,11-14H2,1-2H3. The fourth-order valence-corrected chi connectivity index (χ4v) is 9.51. The van der Waals surface area contributed by atoms with Crippen LogP contribution < -0.4 is 10.4 Å². The second-order valence-electron chi connectivity index (χ2n) is 8.71. The van der Waals surface area contributed by atoms with Crippen LogP contribution in [0.3, 0.4) is 0 Å². The molecule has 2 aliphatic rings. The Morgan fingerprint density at radius 2 is 1.00 bits per heavy atom. The van der Waals surface area contributed by atoms with Gasteiger partial charge < -0.3 is 8.85 Å². The molecule has 0 spiro atoms. The van der Waals surface area contributed by atoms with Crippen LogP contribution in [0.2, 0.25) is 0 Å². The summed E-state index contributed by atoms with van der Waals surface area (Å²) in [6.45, 7) is 5.47. The van der Waals surface area contributed by atoms with E-state index in [0.717, 1.165) is 25.7 Å². The molecule has 0 aliphatic heterocycles. The Balaban J connectivity index is 1.71. The third kappa shape index (κ3) is 2.70. The first-order chi connectivity index (χ1) is 15.3. The molecule has 2 aliphatic carbocycles. The maximum Gasteiger partial charge on any atom is 0.408 e. The zero-order chi connectivity index (χ0) is 21.0. The van der Waals surface area contributed by atoms with E-state index in [1.165, 1.54) is 54.2 Å². The zero-order valence-corrected chi connectivity index (χ0v) is 19.3. The lowest BCUT2D eigenvalue weighted by Crippen LogP contribution is -2.64. The maximum absolute atomic E-state index is 6.78. The molecule has 31 heavy (non-hydrogen) atoms. The molecule has 156 valence electrons. The predicted octanol–water partition coefficient (Wildman–Crippen LogP) is 4.82. The van der Waals surface area contributed by atoms with Crippen molar-refractivity contribution in [3.8, 4) is 0 Å². The summed E-state index contributed by atoms with van der Waals surface area (Å²) in [4.78, 5) is 0. The van der Waals surface area contributed by atoms with Crippen LogP contribution in [0.15, 0.2) is 60.7 Å². The Morgan fingerprint density at radius 1 is 0.581 bits per heavy atom. The maximum atomic E-state index is 6.78. The Morgan fingerprint density at radius 3 is 1.42 bits per heavy atom. The largest absolute Gasteiger partial charge is 0.408 e. The highest BCUT2D eigenvalue weighted by molar-refractivity contribution is 6.95. The van der Waals surface area contributed by atoms with Gasteiger partial charge in [0.25, 0.3) is 0 Å². The molecule has 0 saturated heterocycles. The first-order valence-corrected chi connectivity index (χ1v) is 13.4. The lowest BCUT2D eigenvalue weighted by atomic mass is 10.1. The van der Waals surface area contributed by atoms with Crippen molar-refractivity contribution in [2.45, 2.75) is 39.5 Å². The Kier molecular flexibility index (Phi) is 4.53. The molecular weight excluding hydrogens is 396 g/mol. The van der Waals surface area contributed by atoms with Crippen molar-refractivity contribution in [2.24, 2.45) is 0 Å². The first kappa shape index (κ1) is 19.2. The van der Waals surface area contributed by atoms with E-state index < -0.39 is 8.56 Å². The van der Waals surface area contributed by atoms with E-state index >= 15 is 0 Å².